The van der Waals surface area contributed by atoms with Crippen molar-refractivity contribution in [1.29, 1.82) is 0 Å². The van der Waals surface area contributed by atoms with Gasteiger partial charge in [0.25, 0.3) is 0 Å². The van der Waals surface area contributed by atoms with Gasteiger partial charge in [-0.05, 0) is 89.8 Å². The minimum atomic E-state index is -1.17. The Morgan fingerprint density at radius 3 is 2.47 bits per heavy atom. The predicted molar refractivity (Wildman–Crippen MR) is 180 cm³/mol. The summed E-state index contributed by atoms with van der Waals surface area (Å²) >= 11 is 9.53. The van der Waals surface area contributed by atoms with E-state index in [1.165, 1.54) is 13.3 Å². The molecule has 14 heteroatoms. The normalized spacial score (nSPS) is 15.0. The standard InChI is InChI=1S/C33H36BrClN4O8/c1-5-44-26-15-22(30-29(32(41)43-4)19(3)37-33(42)38-30)9-12-25(26)46-18-28(40)39-36-16-21-13-24(34)31(27(14-21)45-6-2)47-17-20-7-10-23(35)11-8-20/h7-16,28,30,39-40H,5-6,17-18H2,1-4H3,(H2,37,38,42)/b36-16+/t28-,30-/m1/s1. The number of hydrogen-bond acceptors (Lipinski definition) is 10. The molecule has 0 unspecified atom stereocenters. The van der Waals surface area contributed by atoms with Crippen molar-refractivity contribution in [1.82, 2.24) is 16.1 Å². The van der Waals surface area contributed by atoms with Crippen LogP contribution in [0.15, 0.2) is 75.4 Å². The van der Waals surface area contributed by atoms with Gasteiger partial charge in [0.2, 0.25) is 0 Å². The molecule has 47 heavy (non-hydrogen) atoms. The Morgan fingerprint density at radius 2 is 1.77 bits per heavy atom. The number of methoxy groups -OCH3 is 1. The summed E-state index contributed by atoms with van der Waals surface area (Å²) in [6, 6.07) is 14.8. The molecule has 4 N–H and O–H groups in total. The number of nitrogens with one attached hydrogen (secondary N) is 3. The van der Waals surface area contributed by atoms with Gasteiger partial charge in [-0.25, -0.2) is 9.59 Å². The highest BCUT2D eigenvalue weighted by molar-refractivity contribution is 9.10. The van der Waals surface area contributed by atoms with Gasteiger partial charge in [0.1, 0.15) is 13.2 Å². The fourth-order valence-electron chi connectivity index (χ4n) is 4.62. The van der Waals surface area contributed by atoms with Gasteiger partial charge in [-0.1, -0.05) is 29.8 Å². The predicted octanol–water partition coefficient (Wildman–Crippen LogP) is 5.60. The number of ether oxygens (including phenoxy) is 5. The maximum atomic E-state index is 12.5. The highest BCUT2D eigenvalue weighted by Crippen LogP contribution is 2.38. The molecule has 0 aromatic heterocycles. The van der Waals surface area contributed by atoms with E-state index in [1.54, 1.807) is 43.3 Å². The Kier molecular flexibility index (Phi) is 12.7. The molecule has 0 spiro atoms. The van der Waals surface area contributed by atoms with Crippen LogP contribution in [0.4, 0.5) is 4.79 Å². The second-order valence-corrected chi connectivity index (χ2v) is 11.4. The van der Waals surface area contributed by atoms with Crippen LogP contribution in [0.1, 0.15) is 43.5 Å². The first-order chi connectivity index (χ1) is 22.6. The maximum Gasteiger partial charge on any atom is 0.337 e. The molecule has 1 heterocycles. The molecule has 0 radical (unpaired) electrons. The van der Waals surface area contributed by atoms with Crippen molar-refractivity contribution in [2.24, 2.45) is 5.10 Å². The zero-order valence-corrected chi connectivity index (χ0v) is 28.6. The number of aliphatic hydroxyl groups is 1. The van der Waals surface area contributed by atoms with E-state index in [4.69, 9.17) is 35.3 Å². The van der Waals surface area contributed by atoms with Crippen LogP contribution in [-0.2, 0) is 16.1 Å². The van der Waals surface area contributed by atoms with Gasteiger partial charge < -0.3 is 39.4 Å². The lowest BCUT2D eigenvalue weighted by atomic mass is 9.95. The molecule has 3 aromatic carbocycles. The number of amides is 2. The molecule has 1 aliphatic heterocycles. The second-order valence-electron chi connectivity index (χ2n) is 10.1. The maximum absolute atomic E-state index is 12.5. The Labute approximate surface area is 286 Å². The van der Waals surface area contributed by atoms with Crippen LogP contribution in [0, 0.1) is 0 Å². The summed E-state index contributed by atoms with van der Waals surface area (Å²) in [6.07, 6.45) is 0.360. The zero-order valence-electron chi connectivity index (χ0n) is 26.3. The Hall–Kier alpha value is -4.46. The molecule has 2 amide bonds. The number of aliphatic hydroxyl groups excluding tert-OH is 1. The summed E-state index contributed by atoms with van der Waals surface area (Å²) in [6.45, 7) is 6.23. The van der Waals surface area contributed by atoms with E-state index >= 15 is 0 Å². The first kappa shape index (κ1) is 35.4. The monoisotopic (exact) mass is 730 g/mol. The van der Waals surface area contributed by atoms with E-state index in [9.17, 15) is 14.7 Å². The molecule has 0 saturated carbocycles. The number of carbonyl (C=O) groups excluding carboxylic acids is 2. The molecule has 0 saturated heterocycles. The lowest BCUT2D eigenvalue weighted by molar-refractivity contribution is -0.136. The van der Waals surface area contributed by atoms with Crippen molar-refractivity contribution in [3.05, 3.63) is 92.1 Å². The molecular formula is C33H36BrClN4O8. The molecule has 0 aliphatic carbocycles. The van der Waals surface area contributed by atoms with Crippen LogP contribution in [0.25, 0.3) is 0 Å². The van der Waals surface area contributed by atoms with E-state index in [0.29, 0.717) is 69.1 Å². The largest absolute Gasteiger partial charge is 0.490 e. The molecule has 2 atom stereocenters. The fraction of sp³-hybridized carbons (Fsp3) is 0.303. The highest BCUT2D eigenvalue weighted by atomic mass is 79.9. The number of benzene rings is 3. The van der Waals surface area contributed by atoms with E-state index in [0.717, 1.165) is 5.56 Å². The minimum absolute atomic E-state index is 0.168. The summed E-state index contributed by atoms with van der Waals surface area (Å²) in [5, 5.41) is 20.6. The van der Waals surface area contributed by atoms with Crippen molar-refractivity contribution in [3.63, 3.8) is 0 Å². The van der Waals surface area contributed by atoms with Crippen LogP contribution < -0.4 is 35.0 Å². The summed E-state index contributed by atoms with van der Waals surface area (Å²) in [4.78, 5) is 24.6. The first-order valence-electron chi connectivity index (χ1n) is 14.7. The number of hydrazone groups is 1. The van der Waals surface area contributed by atoms with Crippen LogP contribution in [0.2, 0.25) is 5.02 Å². The van der Waals surface area contributed by atoms with Crippen molar-refractivity contribution in [2.75, 3.05) is 26.9 Å². The average Bonchev–Trinajstić information content (AvgIpc) is 3.04. The number of allylic oxidation sites excluding steroid dienone is 1. The van der Waals surface area contributed by atoms with Gasteiger partial charge >= 0.3 is 12.0 Å². The second kappa shape index (κ2) is 16.9. The van der Waals surface area contributed by atoms with Crippen molar-refractivity contribution < 1.29 is 38.4 Å². The average molecular weight is 732 g/mol. The van der Waals surface area contributed by atoms with E-state index < -0.39 is 24.3 Å². The number of halogens is 2. The van der Waals surface area contributed by atoms with Crippen LogP contribution >= 0.6 is 27.5 Å². The number of nitrogens with zero attached hydrogens (tertiary/aromatic N) is 1. The molecule has 0 bridgehead atoms. The number of hydrogen-bond donors (Lipinski definition) is 4. The van der Waals surface area contributed by atoms with E-state index in [-0.39, 0.29) is 12.2 Å². The first-order valence-corrected chi connectivity index (χ1v) is 15.9. The van der Waals surface area contributed by atoms with E-state index in [1.807, 2.05) is 32.0 Å². The molecule has 250 valence electrons. The third-order valence-corrected chi connectivity index (χ3v) is 7.58. The minimum Gasteiger partial charge on any atom is -0.490 e. The number of urea groups is 1. The molecule has 0 fully saturated rings. The number of carbonyl (C=O) groups is 2. The fourth-order valence-corrected chi connectivity index (χ4v) is 5.32. The third kappa shape index (κ3) is 9.53. The van der Waals surface area contributed by atoms with Gasteiger partial charge in [0, 0.05) is 10.7 Å². The summed E-state index contributed by atoms with van der Waals surface area (Å²) in [7, 11) is 1.27. The van der Waals surface area contributed by atoms with Crippen LogP contribution in [0.5, 0.6) is 23.0 Å². The molecular weight excluding hydrogens is 696 g/mol. The van der Waals surface area contributed by atoms with Crippen molar-refractivity contribution in [3.8, 4) is 23.0 Å². The quantitative estimate of drug-likeness (QED) is 0.0679. The molecule has 3 aromatic rings. The topological polar surface area (TPSA) is 149 Å². The Bertz CT molecular complexity index is 1630. The van der Waals surface area contributed by atoms with Gasteiger partial charge in [0.15, 0.2) is 29.2 Å². The Balaban J connectivity index is 1.40. The molecule has 1 aliphatic rings. The number of rotatable bonds is 15. The lowest BCUT2D eigenvalue weighted by Gasteiger charge is -2.28. The van der Waals surface area contributed by atoms with E-state index in [2.05, 4.69) is 37.1 Å². The Morgan fingerprint density at radius 1 is 1.04 bits per heavy atom. The van der Waals surface area contributed by atoms with Gasteiger partial charge in [-0.15, -0.1) is 0 Å². The molecule has 4 rings (SSSR count). The smallest absolute Gasteiger partial charge is 0.337 e. The zero-order chi connectivity index (χ0) is 33.9. The third-order valence-electron chi connectivity index (χ3n) is 6.74. The molecule has 12 nitrogen and oxygen atoms in total. The SMILES string of the molecule is CCOc1cc([C@H]2NC(=O)NC(C)=C2C(=O)OC)ccc1OC[C@@H](O)N/N=C/c1cc(Br)c(OCc2ccc(Cl)cc2)c(OCC)c1. The van der Waals surface area contributed by atoms with Gasteiger partial charge in [0.05, 0.1) is 42.6 Å². The summed E-state index contributed by atoms with van der Waals surface area (Å²) in [5.41, 5.74) is 5.51. The van der Waals surface area contributed by atoms with Crippen molar-refractivity contribution in [2.45, 2.75) is 39.6 Å². The van der Waals surface area contributed by atoms with Gasteiger partial charge in [-0.3, -0.25) is 5.43 Å². The number of esters is 1. The lowest BCUT2D eigenvalue weighted by Crippen LogP contribution is -2.45. The van der Waals surface area contributed by atoms with Crippen LogP contribution in [-0.4, -0.2) is 56.5 Å². The van der Waals surface area contributed by atoms with Gasteiger partial charge in [-0.2, -0.15) is 5.10 Å². The summed E-state index contributed by atoms with van der Waals surface area (Å²) in [5.74, 6) is 1.21. The van der Waals surface area contributed by atoms with Crippen molar-refractivity contribution >= 4 is 45.7 Å². The summed E-state index contributed by atoms with van der Waals surface area (Å²) < 4.78 is 29.0. The van der Waals surface area contributed by atoms with Crippen LogP contribution in [0.3, 0.4) is 0 Å². The highest BCUT2D eigenvalue weighted by Gasteiger charge is 2.32.